The zero-order chi connectivity index (χ0) is 11.4. The summed E-state index contributed by atoms with van der Waals surface area (Å²) < 4.78 is 9.50. The molecule has 4 heteroatoms. The van der Waals surface area contributed by atoms with Crippen LogP contribution >= 0.6 is 0 Å². The van der Waals surface area contributed by atoms with Gasteiger partial charge in [-0.25, -0.2) is 0 Å². The first-order valence-electron chi connectivity index (χ1n) is 5.22. The standard InChI is InChI=1S/C12H13NO2.In/c1-3-9-13-11-7-5-10(6-8-11)12(14)15-4-2;/h1,3,5-9H,4H2,2H3,(H,13,14);/q;+1/p-1. The van der Waals surface area contributed by atoms with Crippen LogP contribution in [0.4, 0.5) is 5.69 Å². The van der Waals surface area contributed by atoms with Gasteiger partial charge in [0, 0.05) is 0 Å². The van der Waals surface area contributed by atoms with Crippen LogP contribution in [-0.4, -0.2) is 39.0 Å². The van der Waals surface area contributed by atoms with Crippen LogP contribution in [0.2, 0.25) is 0 Å². The Balaban J connectivity index is 2.13. The Labute approximate surface area is 106 Å². The first-order chi connectivity index (χ1) is 7.81. The molecule has 0 spiro atoms. The molecule has 1 aromatic carbocycles. The van der Waals surface area contributed by atoms with Gasteiger partial charge >= 0.3 is 106 Å². The van der Waals surface area contributed by atoms with E-state index in [1.165, 1.54) is 5.69 Å². The average Bonchev–Trinajstić information content (AvgIpc) is 2.83. The van der Waals surface area contributed by atoms with Crippen LogP contribution in [0.3, 0.4) is 0 Å². The molecule has 1 aliphatic rings. The van der Waals surface area contributed by atoms with Gasteiger partial charge in [0.1, 0.15) is 0 Å². The molecule has 1 aromatic rings. The summed E-state index contributed by atoms with van der Waals surface area (Å²) in [5, 5.41) is 0. The van der Waals surface area contributed by atoms with Crippen LogP contribution in [0.15, 0.2) is 36.5 Å². The summed E-state index contributed by atoms with van der Waals surface area (Å²) in [6.45, 7) is 2.23. The number of hydrogen-bond donors (Lipinski definition) is 0. The Morgan fingerprint density at radius 1 is 1.38 bits per heavy atom. The summed E-state index contributed by atoms with van der Waals surface area (Å²) in [5.41, 5.74) is 1.78. The van der Waals surface area contributed by atoms with Gasteiger partial charge in [-0.2, -0.15) is 0 Å². The number of carbonyl (C=O) groups excluding carboxylic acids is 1. The van der Waals surface area contributed by atoms with Crippen LogP contribution in [0.5, 0.6) is 0 Å². The predicted molar refractivity (Wildman–Crippen MR) is 65.8 cm³/mol. The van der Waals surface area contributed by atoms with E-state index in [4.69, 9.17) is 4.74 Å². The van der Waals surface area contributed by atoms with Crippen molar-refractivity contribution in [2.75, 3.05) is 9.49 Å². The Morgan fingerprint density at radius 3 is 2.69 bits per heavy atom. The fourth-order valence-electron chi connectivity index (χ4n) is 1.49. The van der Waals surface area contributed by atoms with Crippen molar-refractivity contribution < 1.29 is 9.53 Å². The molecule has 3 nitrogen and oxygen atoms in total. The molecule has 16 heavy (non-hydrogen) atoms. The molecule has 0 radical (unpaired) electrons. The van der Waals surface area contributed by atoms with Crippen LogP contribution in [0.1, 0.15) is 17.3 Å². The second-order valence-electron chi connectivity index (χ2n) is 3.36. The molecule has 1 heterocycles. The maximum absolute atomic E-state index is 11.4. The van der Waals surface area contributed by atoms with Crippen LogP contribution in [-0.2, 0) is 4.74 Å². The summed E-state index contributed by atoms with van der Waals surface area (Å²) in [6.07, 6.45) is 4.20. The van der Waals surface area contributed by atoms with Crippen molar-refractivity contribution in [3.05, 3.63) is 42.1 Å². The molecule has 0 aliphatic carbocycles. The Bertz CT molecular complexity index is 425. The molecule has 0 aromatic heterocycles. The number of carbonyl (C=O) groups is 1. The van der Waals surface area contributed by atoms with Crippen LogP contribution < -0.4 is 2.89 Å². The van der Waals surface area contributed by atoms with Crippen molar-refractivity contribution in [3.63, 3.8) is 0 Å². The van der Waals surface area contributed by atoms with Crippen molar-refractivity contribution in [1.82, 2.24) is 0 Å². The number of rotatable bonds is 3. The van der Waals surface area contributed by atoms with Gasteiger partial charge in [0.25, 0.3) is 0 Å². The molecule has 2 rings (SSSR count). The van der Waals surface area contributed by atoms with E-state index < -0.39 is 22.7 Å². The molecular formula is C12H12InNO2. The molecule has 80 valence electrons. The first kappa shape index (κ1) is 11.5. The summed E-state index contributed by atoms with van der Waals surface area (Å²) in [5.74, 6) is -0.251. The van der Waals surface area contributed by atoms with Gasteiger partial charge in [-0.1, -0.05) is 0 Å². The average molecular weight is 317 g/mol. The second-order valence-corrected chi connectivity index (χ2v) is 6.89. The number of anilines is 1. The van der Waals surface area contributed by atoms with E-state index in [2.05, 4.69) is 18.9 Å². The zero-order valence-corrected chi connectivity index (χ0v) is 12.4. The molecule has 0 fully saturated rings. The Kier molecular flexibility index (Phi) is 3.83. The molecule has 0 saturated carbocycles. The fraction of sp³-hybridized carbons (Fsp3) is 0.167. The summed E-state index contributed by atoms with van der Waals surface area (Å²) >= 11 is -0.739. The Hall–Kier alpha value is -1.03. The van der Waals surface area contributed by atoms with E-state index in [0.717, 1.165) is 0 Å². The minimum absolute atomic E-state index is 0.251. The van der Waals surface area contributed by atoms with Crippen molar-refractivity contribution in [1.29, 1.82) is 0 Å². The summed E-state index contributed by atoms with van der Waals surface area (Å²) in [7, 11) is 0. The third kappa shape index (κ3) is 2.55. The molecule has 0 bridgehead atoms. The van der Waals surface area contributed by atoms with E-state index in [0.29, 0.717) is 12.2 Å². The quantitative estimate of drug-likeness (QED) is 0.794. The van der Waals surface area contributed by atoms with Gasteiger partial charge in [-0.15, -0.1) is 0 Å². The van der Waals surface area contributed by atoms with E-state index in [9.17, 15) is 4.79 Å². The SMILES string of the molecule is CCOC(=O)c1ccc([N]2C=C[CH]=[In]2)cc1. The van der Waals surface area contributed by atoms with Gasteiger partial charge < -0.3 is 0 Å². The van der Waals surface area contributed by atoms with E-state index in [1.54, 1.807) is 0 Å². The summed E-state index contributed by atoms with van der Waals surface area (Å²) in [6, 6.07) is 7.59. The number of hydrogen-bond acceptors (Lipinski definition) is 3. The van der Waals surface area contributed by atoms with Crippen molar-refractivity contribution >= 4 is 38.1 Å². The van der Waals surface area contributed by atoms with Crippen molar-refractivity contribution in [3.8, 4) is 0 Å². The molecular weight excluding hydrogens is 305 g/mol. The van der Waals surface area contributed by atoms with E-state index in [-0.39, 0.29) is 5.97 Å². The van der Waals surface area contributed by atoms with Gasteiger partial charge in [0.15, 0.2) is 0 Å². The normalized spacial score (nSPS) is 12.7. The van der Waals surface area contributed by atoms with Crippen LogP contribution in [0, 0.1) is 0 Å². The van der Waals surface area contributed by atoms with Crippen molar-refractivity contribution in [2.45, 2.75) is 6.92 Å². The van der Waals surface area contributed by atoms with Gasteiger partial charge in [-0.05, 0) is 0 Å². The molecule has 0 N–H and O–H groups in total. The number of allylic oxidation sites excluding steroid dienone is 1. The number of nitrogens with zero attached hydrogens (tertiary/aromatic N) is 1. The second kappa shape index (κ2) is 5.34. The van der Waals surface area contributed by atoms with Gasteiger partial charge in [0.2, 0.25) is 0 Å². The van der Waals surface area contributed by atoms with Gasteiger partial charge in [-0.3, -0.25) is 0 Å². The fourth-order valence-corrected chi connectivity index (χ4v) is 4.14. The zero-order valence-electron chi connectivity index (χ0n) is 9.09. The molecule has 0 saturated heterocycles. The van der Waals surface area contributed by atoms with E-state index >= 15 is 0 Å². The predicted octanol–water partition coefficient (Wildman–Crippen LogP) is 1.62. The summed E-state index contributed by atoms with van der Waals surface area (Å²) in [4.78, 5) is 11.4. The minimum atomic E-state index is -0.739. The first-order valence-corrected chi connectivity index (χ1v) is 8.59. The Morgan fingerprint density at radius 2 is 2.12 bits per heavy atom. The maximum atomic E-state index is 11.4. The number of esters is 1. The van der Waals surface area contributed by atoms with Crippen LogP contribution in [0.25, 0.3) is 0 Å². The third-order valence-corrected chi connectivity index (χ3v) is 5.67. The third-order valence-electron chi connectivity index (χ3n) is 2.28. The molecule has 0 amide bonds. The number of benzene rings is 1. The molecule has 1 aliphatic heterocycles. The van der Waals surface area contributed by atoms with E-state index in [1.807, 2.05) is 31.2 Å². The van der Waals surface area contributed by atoms with Crippen molar-refractivity contribution in [2.24, 2.45) is 0 Å². The molecule has 0 atom stereocenters. The topological polar surface area (TPSA) is 29.5 Å². The van der Waals surface area contributed by atoms with Gasteiger partial charge in [0.05, 0.1) is 0 Å². The number of ether oxygens (including phenoxy) is 1. The monoisotopic (exact) mass is 317 g/mol. The molecule has 0 unspecified atom stereocenters.